The van der Waals surface area contributed by atoms with Gasteiger partial charge in [0.05, 0.1) is 12.7 Å². The number of halogens is 1. The predicted molar refractivity (Wildman–Crippen MR) is 96.2 cm³/mol. The lowest BCUT2D eigenvalue weighted by Gasteiger charge is -2.09. The highest BCUT2D eigenvalue weighted by Gasteiger charge is 2.30. The normalized spacial score (nSPS) is 13.8. The molecule has 0 amide bonds. The topological polar surface area (TPSA) is 39.9 Å². The first kappa shape index (κ1) is 16.1. The van der Waals surface area contributed by atoms with E-state index in [-0.39, 0.29) is 5.82 Å². The van der Waals surface area contributed by atoms with Gasteiger partial charge in [-0.3, -0.25) is 4.57 Å². The van der Waals surface area contributed by atoms with E-state index in [1.54, 1.807) is 31.0 Å². The molecule has 0 saturated heterocycles. The first-order valence-corrected chi connectivity index (χ1v) is 9.20. The van der Waals surface area contributed by atoms with Gasteiger partial charge in [-0.2, -0.15) is 0 Å². The van der Waals surface area contributed by atoms with Crippen LogP contribution in [0.1, 0.15) is 24.4 Å². The van der Waals surface area contributed by atoms with E-state index in [1.807, 2.05) is 24.3 Å². The Morgan fingerprint density at radius 1 is 1.16 bits per heavy atom. The van der Waals surface area contributed by atoms with E-state index in [4.69, 9.17) is 4.74 Å². The summed E-state index contributed by atoms with van der Waals surface area (Å²) in [7, 11) is 1.66. The van der Waals surface area contributed by atoms with Crippen molar-refractivity contribution in [3.8, 4) is 17.1 Å². The van der Waals surface area contributed by atoms with Crippen molar-refractivity contribution < 1.29 is 9.13 Å². The zero-order valence-electron chi connectivity index (χ0n) is 13.9. The molecule has 0 aliphatic heterocycles. The lowest BCUT2D eigenvalue weighted by atomic mass is 10.2. The Hall–Kier alpha value is -2.34. The average Bonchev–Trinajstić information content (AvgIpc) is 3.40. The summed E-state index contributed by atoms with van der Waals surface area (Å²) in [5.74, 6) is 1.96. The van der Waals surface area contributed by atoms with Crippen molar-refractivity contribution in [3.63, 3.8) is 0 Å². The van der Waals surface area contributed by atoms with Gasteiger partial charge in [-0.1, -0.05) is 36.0 Å². The van der Waals surface area contributed by atoms with E-state index < -0.39 is 0 Å². The van der Waals surface area contributed by atoms with Gasteiger partial charge < -0.3 is 4.74 Å². The zero-order valence-corrected chi connectivity index (χ0v) is 14.7. The second-order valence-corrected chi connectivity index (χ2v) is 6.97. The minimum atomic E-state index is -0.263. The molecule has 1 saturated carbocycles. The van der Waals surface area contributed by atoms with E-state index in [9.17, 15) is 4.39 Å². The maximum absolute atomic E-state index is 14.2. The van der Waals surface area contributed by atoms with Gasteiger partial charge in [0.15, 0.2) is 11.0 Å². The predicted octanol–water partition coefficient (Wildman–Crippen LogP) is 4.72. The number of rotatable bonds is 6. The van der Waals surface area contributed by atoms with Crippen LogP contribution in [-0.2, 0) is 5.75 Å². The van der Waals surface area contributed by atoms with Gasteiger partial charge >= 0.3 is 0 Å². The molecule has 0 spiro atoms. The molecule has 0 N–H and O–H groups in total. The SMILES string of the molecule is COc1cccc(CSc2nnc(-c3ccccc3F)n2C2CC2)c1. The molecular formula is C19H18FN3OS. The fraction of sp³-hybridized carbons (Fsp3) is 0.263. The second-order valence-electron chi connectivity index (χ2n) is 6.03. The van der Waals surface area contributed by atoms with Gasteiger partial charge in [0.2, 0.25) is 0 Å². The van der Waals surface area contributed by atoms with Gasteiger partial charge in [-0.05, 0) is 42.7 Å². The fourth-order valence-electron chi connectivity index (χ4n) is 2.77. The molecule has 4 nitrogen and oxygen atoms in total. The third-order valence-corrected chi connectivity index (χ3v) is 5.21. The summed E-state index contributed by atoms with van der Waals surface area (Å²) in [5.41, 5.74) is 1.66. The summed E-state index contributed by atoms with van der Waals surface area (Å²) in [6.07, 6.45) is 2.18. The van der Waals surface area contributed by atoms with Crippen molar-refractivity contribution in [2.45, 2.75) is 29.8 Å². The summed E-state index contributed by atoms with van der Waals surface area (Å²) >= 11 is 1.62. The second kappa shape index (κ2) is 6.88. The van der Waals surface area contributed by atoms with Crippen LogP contribution in [0.2, 0.25) is 0 Å². The molecule has 3 aromatic rings. The van der Waals surface area contributed by atoms with Crippen molar-refractivity contribution in [1.82, 2.24) is 14.8 Å². The van der Waals surface area contributed by atoms with Crippen LogP contribution in [0.15, 0.2) is 53.7 Å². The van der Waals surface area contributed by atoms with Crippen LogP contribution in [0.4, 0.5) is 4.39 Å². The standard InChI is InChI=1S/C19H18FN3OS/c1-24-15-6-4-5-13(11-15)12-25-19-22-21-18(23(19)14-9-10-14)16-7-2-3-8-17(16)20/h2-8,11,14H,9-10,12H2,1H3. The third kappa shape index (κ3) is 3.39. The number of hydrogen-bond acceptors (Lipinski definition) is 4. The van der Waals surface area contributed by atoms with Crippen LogP contribution in [-0.4, -0.2) is 21.9 Å². The molecule has 1 aromatic heterocycles. The number of hydrogen-bond donors (Lipinski definition) is 0. The smallest absolute Gasteiger partial charge is 0.192 e. The van der Waals surface area contributed by atoms with Crippen LogP contribution in [0.25, 0.3) is 11.4 Å². The first-order valence-electron chi connectivity index (χ1n) is 8.22. The highest BCUT2D eigenvalue weighted by atomic mass is 32.2. The summed E-state index contributed by atoms with van der Waals surface area (Å²) in [4.78, 5) is 0. The Balaban J connectivity index is 1.61. The summed E-state index contributed by atoms with van der Waals surface area (Å²) in [6.45, 7) is 0. The minimum absolute atomic E-state index is 0.263. The quantitative estimate of drug-likeness (QED) is 0.600. The molecule has 0 unspecified atom stereocenters. The first-order chi connectivity index (χ1) is 12.3. The van der Waals surface area contributed by atoms with Crippen molar-refractivity contribution in [2.75, 3.05) is 7.11 Å². The van der Waals surface area contributed by atoms with Crippen LogP contribution in [0.5, 0.6) is 5.75 Å². The number of thioether (sulfide) groups is 1. The minimum Gasteiger partial charge on any atom is -0.497 e. The van der Waals surface area contributed by atoms with E-state index in [2.05, 4.69) is 20.8 Å². The lowest BCUT2D eigenvalue weighted by molar-refractivity contribution is 0.414. The number of benzene rings is 2. The van der Waals surface area contributed by atoms with E-state index in [0.717, 1.165) is 35.1 Å². The molecule has 1 aliphatic rings. The molecule has 0 bridgehead atoms. The van der Waals surface area contributed by atoms with Crippen LogP contribution >= 0.6 is 11.8 Å². The molecule has 2 aromatic carbocycles. The highest BCUT2D eigenvalue weighted by Crippen LogP contribution is 2.41. The summed E-state index contributed by atoms with van der Waals surface area (Å²) in [6, 6.07) is 15.1. The largest absolute Gasteiger partial charge is 0.497 e. The number of nitrogens with zero attached hydrogens (tertiary/aromatic N) is 3. The molecule has 4 rings (SSSR count). The Labute approximate surface area is 150 Å². The molecule has 1 aliphatic carbocycles. The van der Waals surface area contributed by atoms with Gasteiger partial charge in [-0.25, -0.2) is 4.39 Å². The summed E-state index contributed by atoms with van der Waals surface area (Å²) in [5, 5.41) is 9.45. The van der Waals surface area contributed by atoms with Crippen LogP contribution in [0, 0.1) is 5.82 Å². The Bertz CT molecular complexity index is 892. The lowest BCUT2D eigenvalue weighted by Crippen LogP contribution is -2.01. The van der Waals surface area contributed by atoms with Gasteiger partial charge in [0, 0.05) is 11.8 Å². The van der Waals surface area contributed by atoms with Crippen molar-refractivity contribution in [2.24, 2.45) is 0 Å². The third-order valence-electron chi connectivity index (χ3n) is 4.19. The Morgan fingerprint density at radius 2 is 2.00 bits per heavy atom. The summed E-state index contributed by atoms with van der Waals surface area (Å²) < 4.78 is 21.5. The maximum atomic E-state index is 14.2. The van der Waals surface area contributed by atoms with Gasteiger partial charge in [-0.15, -0.1) is 10.2 Å². The molecular weight excluding hydrogens is 337 g/mol. The average molecular weight is 355 g/mol. The Morgan fingerprint density at radius 3 is 2.76 bits per heavy atom. The number of methoxy groups -OCH3 is 1. The van der Waals surface area contributed by atoms with Gasteiger partial charge in [0.1, 0.15) is 11.6 Å². The van der Waals surface area contributed by atoms with E-state index in [1.165, 1.54) is 6.07 Å². The monoisotopic (exact) mass is 355 g/mol. The maximum Gasteiger partial charge on any atom is 0.192 e. The molecule has 25 heavy (non-hydrogen) atoms. The fourth-order valence-corrected chi connectivity index (χ4v) is 3.72. The van der Waals surface area contributed by atoms with Crippen LogP contribution in [0.3, 0.4) is 0 Å². The van der Waals surface area contributed by atoms with Crippen LogP contribution < -0.4 is 4.74 Å². The molecule has 0 atom stereocenters. The zero-order chi connectivity index (χ0) is 17.2. The van der Waals surface area contributed by atoms with Crippen molar-refractivity contribution >= 4 is 11.8 Å². The highest BCUT2D eigenvalue weighted by molar-refractivity contribution is 7.98. The molecule has 1 heterocycles. The molecule has 128 valence electrons. The number of ether oxygens (including phenoxy) is 1. The van der Waals surface area contributed by atoms with E-state index in [0.29, 0.717) is 17.4 Å². The molecule has 0 radical (unpaired) electrons. The molecule has 6 heteroatoms. The number of aromatic nitrogens is 3. The van der Waals surface area contributed by atoms with E-state index >= 15 is 0 Å². The van der Waals surface area contributed by atoms with Crippen molar-refractivity contribution in [3.05, 3.63) is 59.9 Å². The van der Waals surface area contributed by atoms with Crippen molar-refractivity contribution in [1.29, 1.82) is 0 Å². The Kier molecular flexibility index (Phi) is 4.44. The van der Waals surface area contributed by atoms with Gasteiger partial charge in [0.25, 0.3) is 0 Å². The molecule has 1 fully saturated rings.